The van der Waals surface area contributed by atoms with E-state index in [0.717, 1.165) is 12.8 Å². The number of hydrogen-bond donors (Lipinski definition) is 2. The molecule has 1 heterocycles. The minimum absolute atomic E-state index is 0.0418. The summed E-state index contributed by atoms with van der Waals surface area (Å²) in [4.78, 5) is 4.79. The van der Waals surface area contributed by atoms with Gasteiger partial charge in [0.1, 0.15) is 6.10 Å². The van der Waals surface area contributed by atoms with Crippen LogP contribution in [0.1, 0.15) is 19.8 Å². The molecule has 2 aliphatic rings. The summed E-state index contributed by atoms with van der Waals surface area (Å²) in [5.74, 6) is 6.08. The van der Waals surface area contributed by atoms with E-state index < -0.39 is 6.29 Å². The summed E-state index contributed by atoms with van der Waals surface area (Å²) in [6.07, 6.45) is 1.56. The van der Waals surface area contributed by atoms with Gasteiger partial charge in [-0.2, -0.15) is 0 Å². The highest BCUT2D eigenvalue weighted by molar-refractivity contribution is 4.93. The molecule has 5 unspecified atom stereocenters. The minimum Gasteiger partial charge on any atom is -0.366 e. The first-order valence-electron chi connectivity index (χ1n) is 4.41. The fourth-order valence-electron chi connectivity index (χ4n) is 2.22. The van der Waals surface area contributed by atoms with Gasteiger partial charge in [0.25, 0.3) is 0 Å². The lowest BCUT2D eigenvalue weighted by molar-refractivity contribution is 0.0537. The molecule has 0 bridgehead atoms. The van der Waals surface area contributed by atoms with Crippen LogP contribution in [0.15, 0.2) is 0 Å². The van der Waals surface area contributed by atoms with Crippen LogP contribution in [0.4, 0.5) is 0 Å². The van der Waals surface area contributed by atoms with Crippen LogP contribution in [0.3, 0.4) is 0 Å². The number of ether oxygens (including phenoxy) is 1. The molecule has 0 aromatic heterocycles. The van der Waals surface area contributed by atoms with Crippen molar-refractivity contribution in [1.82, 2.24) is 0 Å². The van der Waals surface area contributed by atoms with E-state index in [9.17, 15) is 0 Å². The highest BCUT2D eigenvalue weighted by Gasteiger charge is 2.49. The van der Waals surface area contributed by atoms with Gasteiger partial charge in [0.2, 0.25) is 0 Å². The summed E-state index contributed by atoms with van der Waals surface area (Å²) in [6.45, 7) is 2.15. The van der Waals surface area contributed by atoms with Gasteiger partial charge in [-0.3, -0.25) is 0 Å². The van der Waals surface area contributed by atoms with E-state index in [1.165, 1.54) is 0 Å². The average molecular weight is 173 g/mol. The van der Waals surface area contributed by atoms with Gasteiger partial charge in [-0.1, -0.05) is 6.92 Å². The number of hydrogen-bond acceptors (Lipinski definition) is 4. The van der Waals surface area contributed by atoms with Crippen molar-refractivity contribution >= 4 is 0 Å². The SMILES string of the molecule is CC1CC(ON)CC1C1OC1O. The molecule has 4 nitrogen and oxygen atoms in total. The van der Waals surface area contributed by atoms with Crippen LogP contribution in [0, 0.1) is 11.8 Å². The quantitative estimate of drug-likeness (QED) is 0.456. The predicted octanol–water partition coefficient (Wildman–Crippen LogP) is 0.00860. The van der Waals surface area contributed by atoms with Gasteiger partial charge in [-0.25, -0.2) is 5.90 Å². The first-order valence-corrected chi connectivity index (χ1v) is 4.41. The largest absolute Gasteiger partial charge is 0.366 e. The van der Waals surface area contributed by atoms with Gasteiger partial charge in [0.15, 0.2) is 6.29 Å². The molecule has 4 heteroatoms. The van der Waals surface area contributed by atoms with Crippen molar-refractivity contribution in [3.63, 3.8) is 0 Å². The molecular formula is C8H15NO3. The van der Waals surface area contributed by atoms with Crippen LogP contribution in [0.25, 0.3) is 0 Å². The maximum atomic E-state index is 9.07. The van der Waals surface area contributed by atoms with E-state index in [0.29, 0.717) is 11.8 Å². The zero-order valence-electron chi connectivity index (χ0n) is 7.14. The highest BCUT2D eigenvalue weighted by Crippen LogP contribution is 2.42. The summed E-state index contributed by atoms with van der Waals surface area (Å²) in [5, 5.41) is 9.07. The monoisotopic (exact) mass is 173 g/mol. The van der Waals surface area contributed by atoms with Crippen molar-refractivity contribution < 1.29 is 14.7 Å². The molecule has 0 radical (unpaired) electrons. The molecule has 3 N–H and O–H groups in total. The number of nitrogens with two attached hydrogens (primary N) is 1. The molecule has 1 saturated heterocycles. The minimum atomic E-state index is -0.533. The Balaban J connectivity index is 1.91. The van der Waals surface area contributed by atoms with E-state index in [-0.39, 0.29) is 12.2 Å². The van der Waals surface area contributed by atoms with Crippen LogP contribution < -0.4 is 5.90 Å². The summed E-state index contributed by atoms with van der Waals surface area (Å²) >= 11 is 0. The molecule has 12 heavy (non-hydrogen) atoms. The fourth-order valence-corrected chi connectivity index (χ4v) is 2.22. The van der Waals surface area contributed by atoms with Gasteiger partial charge >= 0.3 is 0 Å². The van der Waals surface area contributed by atoms with Crippen molar-refractivity contribution in [3.8, 4) is 0 Å². The van der Waals surface area contributed by atoms with Crippen molar-refractivity contribution in [2.75, 3.05) is 0 Å². The third-order valence-corrected chi connectivity index (χ3v) is 3.02. The second-order valence-electron chi connectivity index (χ2n) is 3.86. The molecule has 5 atom stereocenters. The molecule has 0 aromatic rings. The summed E-state index contributed by atoms with van der Waals surface area (Å²) in [6, 6.07) is 0. The Hall–Kier alpha value is -0.160. The van der Waals surface area contributed by atoms with E-state index in [1.807, 2.05) is 0 Å². The topological polar surface area (TPSA) is 68.0 Å². The molecule has 70 valence electrons. The Bertz CT molecular complexity index is 176. The van der Waals surface area contributed by atoms with Crippen LogP contribution in [-0.2, 0) is 9.57 Å². The van der Waals surface area contributed by atoms with E-state index >= 15 is 0 Å². The second-order valence-corrected chi connectivity index (χ2v) is 3.86. The van der Waals surface area contributed by atoms with Crippen LogP contribution in [0.5, 0.6) is 0 Å². The van der Waals surface area contributed by atoms with E-state index in [2.05, 4.69) is 6.92 Å². The average Bonchev–Trinajstić information content (AvgIpc) is 2.62. The van der Waals surface area contributed by atoms with Crippen LogP contribution in [0.2, 0.25) is 0 Å². The van der Waals surface area contributed by atoms with Gasteiger partial charge in [0, 0.05) is 0 Å². The second kappa shape index (κ2) is 2.96. The highest BCUT2D eigenvalue weighted by atomic mass is 16.7. The van der Waals surface area contributed by atoms with Gasteiger partial charge < -0.3 is 14.7 Å². The molecule has 2 fully saturated rings. The molecule has 0 amide bonds. The van der Waals surface area contributed by atoms with Crippen molar-refractivity contribution in [2.24, 2.45) is 17.7 Å². The maximum Gasteiger partial charge on any atom is 0.182 e. The normalized spacial score (nSPS) is 52.8. The summed E-state index contributed by atoms with van der Waals surface area (Å²) in [5.41, 5.74) is 0. The Morgan fingerprint density at radius 1 is 1.50 bits per heavy atom. The summed E-state index contributed by atoms with van der Waals surface area (Å²) in [7, 11) is 0. The standard InChI is InChI=1S/C8H15NO3/c1-4-2-5(12-9)3-6(4)7-8(10)11-7/h4-8,10H,2-3,9H2,1H3. The lowest BCUT2D eigenvalue weighted by Gasteiger charge is -2.09. The number of epoxide rings is 1. The Morgan fingerprint density at radius 3 is 2.58 bits per heavy atom. The van der Waals surface area contributed by atoms with Crippen LogP contribution >= 0.6 is 0 Å². The fraction of sp³-hybridized carbons (Fsp3) is 1.00. The van der Waals surface area contributed by atoms with Gasteiger partial charge in [-0.15, -0.1) is 0 Å². The zero-order chi connectivity index (χ0) is 8.72. The number of aliphatic hydroxyl groups excluding tert-OH is 1. The van der Waals surface area contributed by atoms with E-state index in [4.69, 9.17) is 20.6 Å². The van der Waals surface area contributed by atoms with Crippen LogP contribution in [-0.4, -0.2) is 23.6 Å². The lowest BCUT2D eigenvalue weighted by Crippen LogP contribution is -2.15. The Labute approximate surface area is 71.6 Å². The molecule has 1 aliphatic carbocycles. The third-order valence-electron chi connectivity index (χ3n) is 3.02. The number of rotatable bonds is 2. The third kappa shape index (κ3) is 1.35. The van der Waals surface area contributed by atoms with Crippen molar-refractivity contribution in [1.29, 1.82) is 0 Å². The lowest BCUT2D eigenvalue weighted by atomic mass is 9.95. The first-order chi connectivity index (χ1) is 5.72. The summed E-state index contributed by atoms with van der Waals surface area (Å²) < 4.78 is 5.02. The molecule has 1 aliphatic heterocycles. The Kier molecular flexibility index (Phi) is 2.08. The molecule has 1 saturated carbocycles. The van der Waals surface area contributed by atoms with Gasteiger partial charge in [-0.05, 0) is 24.7 Å². The molecule has 0 spiro atoms. The zero-order valence-corrected chi connectivity index (χ0v) is 7.14. The number of aliphatic hydroxyl groups is 1. The maximum absolute atomic E-state index is 9.07. The predicted molar refractivity (Wildman–Crippen MR) is 41.8 cm³/mol. The molecular weight excluding hydrogens is 158 g/mol. The molecule has 2 rings (SSSR count). The Morgan fingerprint density at radius 2 is 2.17 bits per heavy atom. The van der Waals surface area contributed by atoms with Crippen molar-refractivity contribution in [3.05, 3.63) is 0 Å². The smallest absolute Gasteiger partial charge is 0.182 e. The van der Waals surface area contributed by atoms with Gasteiger partial charge in [0.05, 0.1) is 6.10 Å². The molecule has 0 aromatic carbocycles. The van der Waals surface area contributed by atoms with Crippen molar-refractivity contribution in [2.45, 2.75) is 38.3 Å². The van der Waals surface area contributed by atoms with E-state index in [1.54, 1.807) is 0 Å². The first kappa shape index (κ1) is 8.44.